The van der Waals surface area contributed by atoms with E-state index < -0.39 is 5.97 Å². The molecule has 2 aromatic rings. The summed E-state index contributed by atoms with van der Waals surface area (Å²) in [6, 6.07) is 3.58. The molecule has 3 rings (SSSR count). The number of benzene rings is 1. The van der Waals surface area contributed by atoms with Gasteiger partial charge in [-0.2, -0.15) is 4.73 Å². The third-order valence-corrected chi connectivity index (χ3v) is 4.06. The van der Waals surface area contributed by atoms with Crippen LogP contribution in [0.3, 0.4) is 0 Å². The molecule has 1 heterocycles. The Balaban J connectivity index is 2.21. The molecular weight excluding hydrogens is 268 g/mol. The molecule has 5 heteroatoms. The monoisotopic (exact) mass is 286 g/mol. The maximum Gasteiger partial charge on any atom is 0.335 e. The largest absolute Gasteiger partial charge is 0.478 e. The van der Waals surface area contributed by atoms with Gasteiger partial charge in [0.05, 0.1) is 17.0 Å². The fraction of sp³-hybridized carbons (Fsp3) is 0.375. The van der Waals surface area contributed by atoms with E-state index in [2.05, 4.69) is 4.98 Å². The lowest BCUT2D eigenvalue weighted by Crippen LogP contribution is -2.12. The average Bonchev–Trinajstić information content (AvgIpc) is 2.98. The van der Waals surface area contributed by atoms with Crippen LogP contribution in [0, 0.1) is 13.8 Å². The van der Waals surface area contributed by atoms with E-state index in [1.54, 1.807) is 17.9 Å². The lowest BCUT2D eigenvalue weighted by atomic mass is 9.99. The maximum atomic E-state index is 11.4. The number of aromatic nitrogens is 2. The number of nitrogens with zero attached hydrogens (tertiary/aromatic N) is 2. The van der Waals surface area contributed by atoms with Gasteiger partial charge in [0.15, 0.2) is 5.82 Å². The number of fused-ring (bicyclic) bond motifs is 1. The Morgan fingerprint density at radius 3 is 2.71 bits per heavy atom. The second-order valence-electron chi connectivity index (χ2n) is 5.45. The van der Waals surface area contributed by atoms with Gasteiger partial charge in [-0.1, -0.05) is 6.07 Å². The summed E-state index contributed by atoms with van der Waals surface area (Å²) >= 11 is 0. The van der Waals surface area contributed by atoms with Gasteiger partial charge in [0.1, 0.15) is 7.11 Å². The van der Waals surface area contributed by atoms with Gasteiger partial charge in [-0.25, -0.2) is 9.78 Å². The second-order valence-corrected chi connectivity index (χ2v) is 5.45. The molecule has 0 atom stereocenters. The van der Waals surface area contributed by atoms with Crippen LogP contribution in [0.5, 0.6) is 0 Å². The van der Waals surface area contributed by atoms with E-state index >= 15 is 0 Å². The maximum absolute atomic E-state index is 11.4. The zero-order chi connectivity index (χ0) is 15.1. The highest BCUT2D eigenvalue weighted by Gasteiger charge is 2.24. The van der Waals surface area contributed by atoms with E-state index in [1.807, 2.05) is 19.9 Å². The van der Waals surface area contributed by atoms with Gasteiger partial charge in [0.25, 0.3) is 0 Å². The van der Waals surface area contributed by atoms with Gasteiger partial charge in [0.2, 0.25) is 0 Å². The summed E-state index contributed by atoms with van der Waals surface area (Å²) in [5.41, 5.74) is 5.04. The van der Waals surface area contributed by atoms with Gasteiger partial charge in [0, 0.05) is 5.56 Å². The quantitative estimate of drug-likeness (QED) is 0.941. The number of hydrogen-bond donors (Lipinski definition) is 1. The lowest BCUT2D eigenvalue weighted by Gasteiger charge is -2.12. The van der Waals surface area contributed by atoms with E-state index in [4.69, 9.17) is 4.84 Å². The molecular formula is C16H18N2O3. The van der Waals surface area contributed by atoms with E-state index in [9.17, 15) is 9.90 Å². The summed E-state index contributed by atoms with van der Waals surface area (Å²) in [4.78, 5) is 21.5. The fourth-order valence-electron chi connectivity index (χ4n) is 3.04. The average molecular weight is 286 g/mol. The summed E-state index contributed by atoms with van der Waals surface area (Å²) in [7, 11) is 1.62. The van der Waals surface area contributed by atoms with Crippen molar-refractivity contribution in [3.05, 3.63) is 40.2 Å². The molecule has 0 spiro atoms. The van der Waals surface area contributed by atoms with E-state index in [1.165, 1.54) is 0 Å². The van der Waals surface area contributed by atoms with Crippen LogP contribution < -0.4 is 4.84 Å². The van der Waals surface area contributed by atoms with Gasteiger partial charge in [-0.05, 0) is 50.3 Å². The second kappa shape index (κ2) is 4.91. The molecule has 1 N–H and O–H groups in total. The number of imidazole rings is 1. The van der Waals surface area contributed by atoms with Crippen LogP contribution in [0.15, 0.2) is 12.1 Å². The molecule has 0 radical (unpaired) electrons. The molecule has 1 aliphatic rings. The van der Waals surface area contributed by atoms with Gasteiger partial charge >= 0.3 is 5.97 Å². The molecule has 1 aromatic carbocycles. The van der Waals surface area contributed by atoms with Crippen molar-refractivity contribution < 1.29 is 14.7 Å². The molecule has 0 bridgehead atoms. The van der Waals surface area contributed by atoms with Crippen LogP contribution in [0.4, 0.5) is 0 Å². The Kier molecular flexibility index (Phi) is 3.20. The molecule has 0 amide bonds. The molecule has 110 valence electrons. The van der Waals surface area contributed by atoms with Crippen molar-refractivity contribution >= 4 is 5.97 Å². The van der Waals surface area contributed by atoms with Crippen molar-refractivity contribution in [2.75, 3.05) is 7.11 Å². The molecule has 0 unspecified atom stereocenters. The van der Waals surface area contributed by atoms with Crippen molar-refractivity contribution in [3.8, 4) is 11.4 Å². The van der Waals surface area contributed by atoms with Crippen LogP contribution in [-0.2, 0) is 12.8 Å². The third kappa shape index (κ3) is 2.09. The Morgan fingerprint density at radius 1 is 1.29 bits per heavy atom. The molecule has 5 nitrogen and oxygen atoms in total. The fourth-order valence-corrected chi connectivity index (χ4v) is 3.04. The Labute approximate surface area is 123 Å². The summed E-state index contributed by atoms with van der Waals surface area (Å²) in [5.74, 6) is -0.223. The number of aromatic carboxylic acids is 1. The minimum absolute atomic E-state index is 0.307. The number of rotatable bonds is 3. The highest BCUT2D eigenvalue weighted by atomic mass is 16.6. The molecule has 1 aliphatic carbocycles. The van der Waals surface area contributed by atoms with Crippen molar-refractivity contribution in [1.29, 1.82) is 0 Å². The minimum Gasteiger partial charge on any atom is -0.478 e. The van der Waals surface area contributed by atoms with Crippen LogP contribution in [0.25, 0.3) is 11.4 Å². The topological polar surface area (TPSA) is 64.3 Å². The first kappa shape index (κ1) is 13.7. The van der Waals surface area contributed by atoms with Crippen LogP contribution in [0.1, 0.15) is 39.3 Å². The summed E-state index contributed by atoms with van der Waals surface area (Å²) in [6.45, 7) is 3.77. The highest BCUT2D eigenvalue weighted by molar-refractivity contribution is 5.91. The first-order valence-electron chi connectivity index (χ1n) is 7.02. The predicted octanol–water partition coefficient (Wildman–Crippen LogP) is 2.41. The van der Waals surface area contributed by atoms with E-state index in [0.717, 1.165) is 47.3 Å². The van der Waals surface area contributed by atoms with E-state index in [-0.39, 0.29) is 0 Å². The zero-order valence-corrected chi connectivity index (χ0v) is 12.4. The standard InChI is InChI=1S/C16H18N2O3/c1-9-7-10(2)12(16(19)20)8-11(9)15-17-13-5-4-6-14(13)18(15)21-3/h7-8H,4-6H2,1-3H3,(H,19,20). The van der Waals surface area contributed by atoms with Gasteiger partial charge in [-0.15, -0.1) is 0 Å². The Bertz CT molecular complexity index is 732. The lowest BCUT2D eigenvalue weighted by molar-refractivity contribution is 0.0696. The van der Waals surface area contributed by atoms with Crippen LogP contribution in [0.2, 0.25) is 0 Å². The summed E-state index contributed by atoms with van der Waals surface area (Å²) < 4.78 is 1.74. The number of aryl methyl sites for hydroxylation is 3. The first-order valence-corrected chi connectivity index (χ1v) is 7.02. The van der Waals surface area contributed by atoms with Gasteiger partial charge in [-0.3, -0.25) is 0 Å². The van der Waals surface area contributed by atoms with Crippen molar-refractivity contribution in [3.63, 3.8) is 0 Å². The normalized spacial score (nSPS) is 13.3. The van der Waals surface area contributed by atoms with Gasteiger partial charge < -0.3 is 9.94 Å². The van der Waals surface area contributed by atoms with Crippen molar-refractivity contribution in [2.24, 2.45) is 0 Å². The number of carbonyl (C=O) groups is 1. The summed E-state index contributed by atoms with van der Waals surface area (Å²) in [5, 5.41) is 9.31. The molecule has 0 saturated carbocycles. The third-order valence-electron chi connectivity index (χ3n) is 4.06. The Morgan fingerprint density at radius 2 is 2.05 bits per heavy atom. The summed E-state index contributed by atoms with van der Waals surface area (Å²) in [6.07, 6.45) is 3.00. The molecule has 0 aliphatic heterocycles. The highest BCUT2D eigenvalue weighted by Crippen LogP contribution is 2.31. The van der Waals surface area contributed by atoms with Crippen LogP contribution in [-0.4, -0.2) is 27.9 Å². The smallest absolute Gasteiger partial charge is 0.335 e. The molecule has 1 aromatic heterocycles. The molecule has 21 heavy (non-hydrogen) atoms. The minimum atomic E-state index is -0.920. The number of carboxylic acids is 1. The van der Waals surface area contributed by atoms with Crippen molar-refractivity contribution in [1.82, 2.24) is 9.71 Å². The Hall–Kier alpha value is -2.30. The number of hydrogen-bond acceptors (Lipinski definition) is 3. The van der Waals surface area contributed by atoms with Crippen LogP contribution >= 0.6 is 0 Å². The SMILES string of the molecule is COn1c(-c2cc(C(=O)O)c(C)cc2C)nc2c1CCC2. The molecule has 0 saturated heterocycles. The first-order chi connectivity index (χ1) is 10.0. The van der Waals surface area contributed by atoms with E-state index in [0.29, 0.717) is 11.4 Å². The zero-order valence-electron chi connectivity index (χ0n) is 12.4. The predicted molar refractivity (Wildman–Crippen MR) is 78.6 cm³/mol. The number of carboxylic acid groups (broad SMARTS) is 1. The molecule has 0 fully saturated rings. The van der Waals surface area contributed by atoms with Crippen molar-refractivity contribution in [2.45, 2.75) is 33.1 Å².